The fraction of sp³-hybridized carbons (Fsp3) is 0.412. The third-order valence-electron chi connectivity index (χ3n) is 4.53. The fourth-order valence-electron chi connectivity index (χ4n) is 3.23. The second kappa shape index (κ2) is 6.49. The van der Waals surface area contributed by atoms with Gasteiger partial charge in [0.2, 0.25) is 23.7 Å². The van der Waals surface area contributed by atoms with Gasteiger partial charge in [-0.1, -0.05) is 5.16 Å². The van der Waals surface area contributed by atoms with Crippen LogP contribution in [0.3, 0.4) is 0 Å². The molecule has 154 valence electrons. The summed E-state index contributed by atoms with van der Waals surface area (Å²) in [4.78, 5) is 20.0. The van der Waals surface area contributed by atoms with Crippen molar-refractivity contribution >= 4 is 23.0 Å². The van der Waals surface area contributed by atoms with E-state index in [0.717, 1.165) is 16.7 Å². The van der Waals surface area contributed by atoms with Crippen molar-refractivity contribution in [2.24, 2.45) is 5.92 Å². The van der Waals surface area contributed by atoms with E-state index in [0.29, 0.717) is 5.69 Å². The maximum absolute atomic E-state index is 13.1. The number of hydrogen-bond acceptors (Lipinski definition) is 5. The average Bonchev–Trinajstić information content (AvgIpc) is 3.14. The van der Waals surface area contributed by atoms with Gasteiger partial charge >= 0.3 is 6.18 Å². The van der Waals surface area contributed by atoms with E-state index < -0.39 is 29.6 Å². The summed E-state index contributed by atoms with van der Waals surface area (Å²) in [5.41, 5.74) is -0.807. The molecular formula is C17H14F5N5O2. The minimum absolute atomic E-state index is 0.00213. The standard InChI is InChI=1S/C17H14F5N5O2/c1-8-4-13(29-26-8)27-14-10(2-3-11(24-14)17(20,21)22)23-15(27)25-12(28)5-9-6-16(18,19)7-9/h2-4,9H,5-7H2,1H3,(H,23,25,28). The lowest BCUT2D eigenvalue weighted by molar-refractivity contribution is -0.141. The number of alkyl halides is 5. The number of carbonyl (C=O) groups is 1. The molecule has 0 bridgehead atoms. The highest BCUT2D eigenvalue weighted by molar-refractivity contribution is 5.91. The summed E-state index contributed by atoms with van der Waals surface area (Å²) in [6.07, 6.45) is -5.60. The SMILES string of the molecule is Cc1cc(-n2c(NC(=O)CC3CC(F)(F)C3)nc3ccc(C(F)(F)F)nc32)on1. The summed E-state index contributed by atoms with van der Waals surface area (Å²) in [5.74, 6) is -3.95. The van der Waals surface area contributed by atoms with Crippen LogP contribution in [-0.4, -0.2) is 31.5 Å². The molecule has 0 aliphatic heterocycles. The van der Waals surface area contributed by atoms with Gasteiger partial charge in [-0.05, 0) is 25.0 Å². The zero-order valence-electron chi connectivity index (χ0n) is 14.9. The molecule has 0 atom stereocenters. The number of halogens is 5. The van der Waals surface area contributed by atoms with E-state index >= 15 is 0 Å². The van der Waals surface area contributed by atoms with Crippen molar-refractivity contribution in [1.29, 1.82) is 0 Å². The molecule has 1 amide bonds. The van der Waals surface area contributed by atoms with E-state index in [1.54, 1.807) is 6.92 Å². The Hall–Kier alpha value is -3.05. The highest BCUT2D eigenvalue weighted by atomic mass is 19.4. The molecule has 0 aromatic carbocycles. The summed E-state index contributed by atoms with van der Waals surface area (Å²) in [5, 5.41) is 6.14. The Morgan fingerprint density at radius 2 is 2.03 bits per heavy atom. The molecular weight excluding hydrogens is 401 g/mol. The summed E-state index contributed by atoms with van der Waals surface area (Å²) >= 11 is 0. The van der Waals surface area contributed by atoms with Crippen LogP contribution in [0.4, 0.5) is 27.9 Å². The second-order valence-electron chi connectivity index (χ2n) is 7.00. The number of hydrogen-bond donors (Lipinski definition) is 1. The fourth-order valence-corrected chi connectivity index (χ4v) is 3.23. The van der Waals surface area contributed by atoms with Gasteiger partial charge in [0, 0.05) is 25.3 Å². The van der Waals surface area contributed by atoms with Crippen LogP contribution in [-0.2, 0) is 11.0 Å². The molecule has 0 saturated heterocycles. The van der Waals surface area contributed by atoms with Crippen LogP contribution in [0.1, 0.15) is 30.7 Å². The van der Waals surface area contributed by atoms with Crippen molar-refractivity contribution in [3.63, 3.8) is 0 Å². The quantitative estimate of drug-likeness (QED) is 0.649. The van der Waals surface area contributed by atoms with Crippen molar-refractivity contribution in [3.05, 3.63) is 29.6 Å². The van der Waals surface area contributed by atoms with Gasteiger partial charge in [-0.25, -0.2) is 23.3 Å². The lowest BCUT2D eigenvalue weighted by Gasteiger charge is -2.34. The lowest BCUT2D eigenvalue weighted by atomic mass is 9.79. The Balaban J connectivity index is 1.70. The molecule has 0 unspecified atom stereocenters. The van der Waals surface area contributed by atoms with Crippen LogP contribution in [0.25, 0.3) is 17.0 Å². The molecule has 1 aliphatic rings. The first-order valence-corrected chi connectivity index (χ1v) is 8.60. The van der Waals surface area contributed by atoms with Crippen LogP contribution in [0.2, 0.25) is 0 Å². The minimum Gasteiger partial charge on any atom is -0.338 e. The van der Waals surface area contributed by atoms with Crippen LogP contribution >= 0.6 is 0 Å². The molecule has 3 aromatic heterocycles. The highest BCUT2D eigenvalue weighted by Gasteiger charge is 2.45. The number of anilines is 1. The molecule has 0 radical (unpaired) electrons. The van der Waals surface area contributed by atoms with Gasteiger partial charge < -0.3 is 4.52 Å². The van der Waals surface area contributed by atoms with Gasteiger partial charge in [-0.2, -0.15) is 13.2 Å². The zero-order valence-corrected chi connectivity index (χ0v) is 14.9. The number of pyridine rings is 1. The predicted molar refractivity (Wildman–Crippen MR) is 89.6 cm³/mol. The third kappa shape index (κ3) is 3.78. The largest absolute Gasteiger partial charge is 0.433 e. The number of imidazole rings is 1. The van der Waals surface area contributed by atoms with E-state index in [4.69, 9.17) is 4.52 Å². The number of aryl methyl sites for hydroxylation is 1. The van der Waals surface area contributed by atoms with E-state index in [9.17, 15) is 26.7 Å². The molecule has 29 heavy (non-hydrogen) atoms. The van der Waals surface area contributed by atoms with E-state index in [1.165, 1.54) is 6.07 Å². The van der Waals surface area contributed by atoms with Gasteiger partial charge in [0.15, 0.2) is 5.65 Å². The number of nitrogens with one attached hydrogen (secondary N) is 1. The number of amides is 1. The van der Waals surface area contributed by atoms with Crippen molar-refractivity contribution in [3.8, 4) is 5.88 Å². The molecule has 1 N–H and O–H groups in total. The van der Waals surface area contributed by atoms with Gasteiger partial charge in [0.05, 0.1) is 5.69 Å². The molecule has 3 heterocycles. The van der Waals surface area contributed by atoms with Crippen LogP contribution < -0.4 is 5.32 Å². The van der Waals surface area contributed by atoms with Gasteiger partial charge in [0.1, 0.15) is 11.2 Å². The molecule has 1 saturated carbocycles. The number of nitrogens with zero attached hydrogens (tertiary/aromatic N) is 4. The summed E-state index contributed by atoms with van der Waals surface area (Å²) < 4.78 is 71.3. The molecule has 0 spiro atoms. The number of aromatic nitrogens is 4. The summed E-state index contributed by atoms with van der Waals surface area (Å²) in [6.45, 7) is 1.61. The van der Waals surface area contributed by atoms with Gasteiger partial charge in [-0.15, -0.1) is 0 Å². The molecule has 3 aromatic rings. The van der Waals surface area contributed by atoms with Gasteiger partial charge in [-0.3, -0.25) is 10.1 Å². The monoisotopic (exact) mass is 415 g/mol. The maximum Gasteiger partial charge on any atom is 0.433 e. The van der Waals surface area contributed by atoms with Crippen LogP contribution in [0, 0.1) is 12.8 Å². The van der Waals surface area contributed by atoms with Gasteiger partial charge in [0.25, 0.3) is 0 Å². The number of carbonyl (C=O) groups excluding carboxylic acids is 1. The molecule has 4 rings (SSSR count). The Morgan fingerprint density at radius 1 is 1.31 bits per heavy atom. The molecule has 7 nitrogen and oxygen atoms in total. The Morgan fingerprint density at radius 3 is 2.62 bits per heavy atom. The van der Waals surface area contributed by atoms with Crippen molar-refractivity contribution in [1.82, 2.24) is 19.7 Å². The highest BCUT2D eigenvalue weighted by Crippen LogP contribution is 2.44. The average molecular weight is 415 g/mol. The number of rotatable bonds is 4. The molecule has 1 fully saturated rings. The lowest BCUT2D eigenvalue weighted by Crippen LogP contribution is -2.37. The summed E-state index contributed by atoms with van der Waals surface area (Å²) in [7, 11) is 0. The first kappa shape index (κ1) is 19.3. The van der Waals surface area contributed by atoms with Crippen LogP contribution in [0.5, 0.6) is 0 Å². The second-order valence-corrected chi connectivity index (χ2v) is 7.00. The maximum atomic E-state index is 13.1. The Bertz CT molecular complexity index is 1080. The predicted octanol–water partition coefficient (Wildman–Crippen LogP) is 4.11. The van der Waals surface area contributed by atoms with Crippen molar-refractivity contribution in [2.75, 3.05) is 5.32 Å². The smallest absolute Gasteiger partial charge is 0.338 e. The van der Waals surface area contributed by atoms with E-state index in [-0.39, 0.29) is 42.3 Å². The first-order valence-electron chi connectivity index (χ1n) is 8.60. The van der Waals surface area contributed by atoms with E-state index in [2.05, 4.69) is 20.4 Å². The van der Waals surface area contributed by atoms with E-state index in [1.807, 2.05) is 0 Å². The Kier molecular flexibility index (Phi) is 4.32. The summed E-state index contributed by atoms with van der Waals surface area (Å²) in [6, 6.07) is 3.32. The normalized spacial score (nSPS) is 16.8. The molecule has 1 aliphatic carbocycles. The topological polar surface area (TPSA) is 85.8 Å². The minimum atomic E-state index is -4.68. The molecule has 12 heteroatoms. The van der Waals surface area contributed by atoms with Crippen molar-refractivity contribution < 1.29 is 31.3 Å². The number of fused-ring (bicyclic) bond motifs is 1. The van der Waals surface area contributed by atoms with Crippen molar-refractivity contribution in [2.45, 2.75) is 38.3 Å². The Labute approximate surface area is 159 Å². The zero-order chi connectivity index (χ0) is 21.0. The first-order chi connectivity index (χ1) is 13.5. The van der Waals surface area contributed by atoms with Crippen LogP contribution in [0.15, 0.2) is 22.7 Å². The third-order valence-corrected chi connectivity index (χ3v) is 4.53.